The average molecular weight is 302 g/mol. The summed E-state index contributed by atoms with van der Waals surface area (Å²) in [6.45, 7) is 1.24. The van der Waals surface area contributed by atoms with Gasteiger partial charge in [-0.1, -0.05) is 6.07 Å². The molecule has 1 aliphatic rings. The Hall–Kier alpha value is -2.41. The summed E-state index contributed by atoms with van der Waals surface area (Å²) in [5, 5.41) is 7.33. The first-order chi connectivity index (χ1) is 10.2. The summed E-state index contributed by atoms with van der Waals surface area (Å²) < 4.78 is 0. The lowest BCUT2D eigenvalue weighted by molar-refractivity contribution is 0.198. The molecule has 2 aromatic heterocycles. The van der Waals surface area contributed by atoms with Crippen LogP contribution in [0, 0.1) is 0 Å². The van der Waals surface area contributed by atoms with Gasteiger partial charge in [0.05, 0.1) is 0 Å². The van der Waals surface area contributed by atoms with Crippen LogP contribution < -0.4 is 10.6 Å². The number of amides is 4. The highest BCUT2D eigenvalue weighted by molar-refractivity contribution is 7.13. The molecule has 21 heavy (non-hydrogen) atoms. The molecule has 0 radical (unpaired) electrons. The molecule has 2 N–H and O–H groups in total. The van der Waals surface area contributed by atoms with Crippen molar-refractivity contribution in [2.75, 3.05) is 13.1 Å². The number of urea groups is 2. The van der Waals surface area contributed by atoms with Gasteiger partial charge >= 0.3 is 12.1 Å². The molecule has 0 saturated carbocycles. The van der Waals surface area contributed by atoms with Crippen LogP contribution in [-0.2, 0) is 6.54 Å². The summed E-state index contributed by atoms with van der Waals surface area (Å²) in [7, 11) is 0. The number of hydrogen-bond acceptors (Lipinski definition) is 4. The largest absolute Gasteiger partial charge is 0.336 e. The van der Waals surface area contributed by atoms with Gasteiger partial charge in [0.1, 0.15) is 0 Å². The molecule has 0 bridgehead atoms. The van der Waals surface area contributed by atoms with E-state index in [-0.39, 0.29) is 12.1 Å². The van der Waals surface area contributed by atoms with Crippen molar-refractivity contribution in [2.45, 2.75) is 6.54 Å². The van der Waals surface area contributed by atoms with Gasteiger partial charge in [0, 0.05) is 42.5 Å². The fourth-order valence-electron chi connectivity index (χ4n) is 2.10. The molecule has 1 aliphatic heterocycles. The summed E-state index contributed by atoms with van der Waals surface area (Å²) in [4.78, 5) is 29.7. The van der Waals surface area contributed by atoms with Crippen LogP contribution >= 0.6 is 11.3 Å². The molecule has 2 aromatic rings. The van der Waals surface area contributed by atoms with Crippen LogP contribution in [0.4, 0.5) is 9.59 Å². The van der Waals surface area contributed by atoms with Gasteiger partial charge < -0.3 is 10.6 Å². The summed E-state index contributed by atoms with van der Waals surface area (Å²) >= 11 is 1.64. The number of pyridine rings is 1. The van der Waals surface area contributed by atoms with Gasteiger partial charge in [-0.15, -0.1) is 11.3 Å². The third-order valence-electron chi connectivity index (χ3n) is 3.15. The first-order valence-corrected chi connectivity index (χ1v) is 7.43. The minimum absolute atomic E-state index is 0.342. The molecule has 0 aromatic carbocycles. The average Bonchev–Trinajstić information content (AvgIpc) is 3.16. The van der Waals surface area contributed by atoms with Gasteiger partial charge in [0.25, 0.3) is 0 Å². The van der Waals surface area contributed by atoms with Gasteiger partial charge in [0.15, 0.2) is 0 Å². The highest BCUT2D eigenvalue weighted by atomic mass is 32.1. The molecular formula is C14H14N4O2S. The zero-order valence-corrected chi connectivity index (χ0v) is 12.0. The van der Waals surface area contributed by atoms with Gasteiger partial charge in [-0.2, -0.15) is 0 Å². The predicted molar refractivity (Wildman–Crippen MR) is 79.9 cm³/mol. The molecule has 1 fully saturated rings. The van der Waals surface area contributed by atoms with E-state index >= 15 is 0 Å². The Bertz CT molecular complexity index is 657. The minimum atomic E-state index is -0.383. The molecule has 4 amide bonds. The maximum Gasteiger partial charge on any atom is 0.325 e. The number of thiophene rings is 1. The third kappa shape index (κ3) is 3.03. The Morgan fingerprint density at radius 3 is 3.10 bits per heavy atom. The number of nitrogens with zero attached hydrogens (tertiary/aromatic N) is 2. The van der Waals surface area contributed by atoms with Crippen LogP contribution in [0.5, 0.6) is 0 Å². The topological polar surface area (TPSA) is 74.3 Å². The maximum absolute atomic E-state index is 11.9. The van der Waals surface area contributed by atoms with Gasteiger partial charge in [-0.05, 0) is 23.1 Å². The zero-order valence-electron chi connectivity index (χ0n) is 11.2. The molecule has 0 spiro atoms. The molecule has 0 atom stereocenters. The van der Waals surface area contributed by atoms with Crippen molar-refractivity contribution < 1.29 is 9.59 Å². The lowest BCUT2D eigenvalue weighted by Crippen LogP contribution is -2.41. The molecule has 1 saturated heterocycles. The third-order valence-corrected chi connectivity index (χ3v) is 4.07. The quantitative estimate of drug-likeness (QED) is 0.911. The first-order valence-electron chi connectivity index (χ1n) is 6.55. The van der Waals surface area contributed by atoms with Crippen molar-refractivity contribution >= 4 is 23.4 Å². The van der Waals surface area contributed by atoms with Crippen molar-refractivity contribution in [3.63, 3.8) is 0 Å². The van der Waals surface area contributed by atoms with E-state index in [9.17, 15) is 9.59 Å². The van der Waals surface area contributed by atoms with Gasteiger partial charge in [-0.3, -0.25) is 4.98 Å². The number of carbonyl (C=O) groups excluding carboxylic acids is 2. The highest BCUT2D eigenvalue weighted by Crippen LogP contribution is 2.24. The van der Waals surface area contributed by atoms with Gasteiger partial charge in [0.2, 0.25) is 0 Å². The van der Waals surface area contributed by atoms with Crippen LogP contribution in [0.1, 0.15) is 5.56 Å². The number of aromatic nitrogens is 1. The molecule has 108 valence electrons. The van der Waals surface area contributed by atoms with Crippen molar-refractivity contribution in [3.8, 4) is 10.4 Å². The number of imide groups is 1. The van der Waals surface area contributed by atoms with E-state index in [1.165, 1.54) is 0 Å². The predicted octanol–water partition coefficient (Wildman–Crippen LogP) is 2.04. The normalized spacial score (nSPS) is 14.1. The highest BCUT2D eigenvalue weighted by Gasteiger charge is 2.25. The number of rotatable bonds is 3. The zero-order chi connectivity index (χ0) is 14.7. The minimum Gasteiger partial charge on any atom is -0.336 e. The van der Waals surface area contributed by atoms with Crippen molar-refractivity contribution in [3.05, 3.63) is 41.5 Å². The molecular weight excluding hydrogens is 288 g/mol. The maximum atomic E-state index is 11.9. The first kappa shape index (κ1) is 13.6. The lowest BCUT2D eigenvalue weighted by Gasteiger charge is -2.13. The Balaban J connectivity index is 1.64. The Morgan fingerprint density at radius 1 is 1.48 bits per heavy atom. The fourth-order valence-corrected chi connectivity index (χ4v) is 2.81. The Kier molecular flexibility index (Phi) is 3.83. The van der Waals surface area contributed by atoms with E-state index in [2.05, 4.69) is 15.6 Å². The molecule has 6 nitrogen and oxygen atoms in total. The lowest BCUT2D eigenvalue weighted by atomic mass is 10.2. The van der Waals surface area contributed by atoms with E-state index in [4.69, 9.17) is 0 Å². The molecule has 7 heteroatoms. The van der Waals surface area contributed by atoms with Crippen molar-refractivity contribution in [2.24, 2.45) is 0 Å². The van der Waals surface area contributed by atoms with Crippen LogP contribution in [0.2, 0.25) is 0 Å². The number of carbonyl (C=O) groups is 2. The summed E-state index contributed by atoms with van der Waals surface area (Å²) in [6.07, 6.45) is 3.51. The second-order valence-corrected chi connectivity index (χ2v) is 5.55. The SMILES string of the molecule is O=C1NCCN1C(=O)NCc1cncc(-c2cccs2)c1. The van der Waals surface area contributed by atoms with Crippen LogP contribution in [0.25, 0.3) is 10.4 Å². The number of nitrogens with one attached hydrogen (secondary N) is 2. The van der Waals surface area contributed by atoms with Crippen LogP contribution in [-0.4, -0.2) is 35.0 Å². The smallest absolute Gasteiger partial charge is 0.325 e. The van der Waals surface area contributed by atoms with Crippen LogP contribution in [0.15, 0.2) is 36.0 Å². The molecule has 3 rings (SSSR count). The van der Waals surface area contributed by atoms with E-state index in [0.717, 1.165) is 20.9 Å². The molecule has 0 unspecified atom stereocenters. The van der Waals surface area contributed by atoms with Crippen molar-refractivity contribution in [1.29, 1.82) is 0 Å². The second kappa shape index (κ2) is 5.92. The molecule has 0 aliphatic carbocycles. The standard InChI is InChI=1S/C14H14N4O2S/c19-13-16-3-4-18(13)14(20)17-8-10-6-11(9-15-7-10)12-2-1-5-21-12/h1-2,5-7,9H,3-4,8H2,(H,16,19)(H,17,20). The van der Waals surface area contributed by atoms with E-state index in [1.807, 2.05) is 23.6 Å². The summed E-state index contributed by atoms with van der Waals surface area (Å²) in [5.41, 5.74) is 1.92. The summed E-state index contributed by atoms with van der Waals surface area (Å²) in [5.74, 6) is 0. The summed E-state index contributed by atoms with van der Waals surface area (Å²) in [6, 6.07) is 5.27. The van der Waals surface area contributed by atoms with E-state index in [1.54, 1.807) is 23.7 Å². The fraction of sp³-hybridized carbons (Fsp3) is 0.214. The van der Waals surface area contributed by atoms with Crippen molar-refractivity contribution in [1.82, 2.24) is 20.5 Å². The number of hydrogen-bond donors (Lipinski definition) is 2. The van der Waals surface area contributed by atoms with Gasteiger partial charge in [-0.25, -0.2) is 14.5 Å². The second-order valence-electron chi connectivity index (χ2n) is 4.60. The monoisotopic (exact) mass is 302 g/mol. The van der Waals surface area contributed by atoms with Crippen LogP contribution in [0.3, 0.4) is 0 Å². The Morgan fingerprint density at radius 2 is 2.38 bits per heavy atom. The van der Waals surface area contributed by atoms with E-state index < -0.39 is 0 Å². The molecule has 3 heterocycles. The van der Waals surface area contributed by atoms with E-state index in [0.29, 0.717) is 19.6 Å². The Labute approximate surface area is 125 Å².